The first kappa shape index (κ1) is 17.4. The normalized spacial score (nSPS) is 10.0. The molecule has 0 spiro atoms. The lowest BCUT2D eigenvalue weighted by atomic mass is 10.2. The van der Waals surface area contributed by atoms with E-state index < -0.39 is 0 Å². The lowest BCUT2D eigenvalue weighted by molar-refractivity contribution is -0.121. The van der Waals surface area contributed by atoms with E-state index in [2.05, 4.69) is 26.6 Å². The highest BCUT2D eigenvalue weighted by Crippen LogP contribution is 2.21. The third-order valence-corrected chi connectivity index (χ3v) is 3.78. The van der Waals surface area contributed by atoms with Crippen LogP contribution in [-0.2, 0) is 11.3 Å². The van der Waals surface area contributed by atoms with E-state index in [1.807, 2.05) is 55.5 Å². The number of benzene rings is 2. The molecular formula is C17H17BrN2O2S. The fourth-order valence-electron chi connectivity index (χ4n) is 1.90. The molecule has 2 aromatic carbocycles. The summed E-state index contributed by atoms with van der Waals surface area (Å²) in [5.74, 6) is 0.379. The number of thiocarbonyl (C=S) groups is 1. The summed E-state index contributed by atoms with van der Waals surface area (Å²) in [7, 11) is 0. The maximum absolute atomic E-state index is 11.8. The molecule has 6 heteroatoms. The number of hydrogen-bond donors (Lipinski definition) is 2. The molecule has 0 radical (unpaired) electrons. The van der Waals surface area contributed by atoms with Crippen molar-refractivity contribution < 1.29 is 9.53 Å². The van der Waals surface area contributed by atoms with Gasteiger partial charge in [-0.1, -0.05) is 46.3 Å². The van der Waals surface area contributed by atoms with Crippen LogP contribution in [0.5, 0.6) is 5.75 Å². The van der Waals surface area contributed by atoms with Gasteiger partial charge in [-0.05, 0) is 48.5 Å². The van der Waals surface area contributed by atoms with E-state index in [9.17, 15) is 4.79 Å². The summed E-state index contributed by atoms with van der Waals surface area (Å²) in [5.41, 5.74) is 2.04. The Morgan fingerprint density at radius 1 is 1.22 bits per heavy atom. The summed E-state index contributed by atoms with van der Waals surface area (Å²) in [6.07, 6.45) is 0. The zero-order valence-corrected chi connectivity index (χ0v) is 15.0. The van der Waals surface area contributed by atoms with Gasteiger partial charge in [0.1, 0.15) is 5.75 Å². The van der Waals surface area contributed by atoms with E-state index >= 15 is 0 Å². The molecule has 0 aliphatic carbocycles. The number of carbonyl (C=O) groups excluding carboxylic acids is 1. The summed E-state index contributed by atoms with van der Waals surface area (Å²) >= 11 is 8.48. The molecule has 4 nitrogen and oxygen atoms in total. The quantitative estimate of drug-likeness (QED) is 0.766. The van der Waals surface area contributed by atoms with Crippen molar-refractivity contribution in [3.05, 3.63) is 64.1 Å². The standard InChI is InChI=1S/C17H17BrN2O2S/c1-12-9-14(18)7-8-15(12)22-11-16(21)20-17(23)19-10-13-5-3-2-4-6-13/h2-9H,10-11H2,1H3,(H2,19,20,21,23). The molecule has 0 aromatic heterocycles. The highest BCUT2D eigenvalue weighted by molar-refractivity contribution is 9.10. The number of hydrogen-bond acceptors (Lipinski definition) is 3. The smallest absolute Gasteiger partial charge is 0.264 e. The minimum absolute atomic E-state index is 0.0877. The summed E-state index contributed by atoms with van der Waals surface area (Å²) in [6.45, 7) is 2.40. The van der Waals surface area contributed by atoms with Crippen molar-refractivity contribution in [2.75, 3.05) is 6.61 Å². The highest BCUT2D eigenvalue weighted by atomic mass is 79.9. The Morgan fingerprint density at radius 3 is 2.65 bits per heavy atom. The van der Waals surface area contributed by atoms with E-state index in [-0.39, 0.29) is 17.6 Å². The summed E-state index contributed by atoms with van der Waals surface area (Å²) in [6, 6.07) is 15.4. The number of halogens is 1. The van der Waals surface area contributed by atoms with E-state index in [4.69, 9.17) is 17.0 Å². The summed E-state index contributed by atoms with van der Waals surface area (Å²) in [5, 5.41) is 5.87. The van der Waals surface area contributed by atoms with Crippen LogP contribution in [-0.4, -0.2) is 17.6 Å². The van der Waals surface area contributed by atoms with Gasteiger partial charge in [0.05, 0.1) is 0 Å². The summed E-state index contributed by atoms with van der Waals surface area (Å²) < 4.78 is 6.47. The van der Waals surface area contributed by atoms with Crippen LogP contribution in [0.3, 0.4) is 0 Å². The Balaban J connectivity index is 1.74. The fraction of sp³-hybridized carbons (Fsp3) is 0.176. The third-order valence-electron chi connectivity index (χ3n) is 3.04. The number of nitrogens with one attached hydrogen (secondary N) is 2. The number of aryl methyl sites for hydroxylation is 1. The molecule has 0 aliphatic rings. The molecule has 0 saturated carbocycles. The van der Waals surface area contributed by atoms with Crippen LogP contribution in [0.25, 0.3) is 0 Å². The van der Waals surface area contributed by atoms with Gasteiger partial charge in [0.25, 0.3) is 5.91 Å². The van der Waals surface area contributed by atoms with Crippen molar-refractivity contribution in [3.8, 4) is 5.75 Å². The van der Waals surface area contributed by atoms with Gasteiger partial charge in [0, 0.05) is 11.0 Å². The van der Waals surface area contributed by atoms with Crippen LogP contribution in [0.15, 0.2) is 53.0 Å². The Bertz CT molecular complexity index is 692. The first-order valence-corrected chi connectivity index (χ1v) is 8.25. The van der Waals surface area contributed by atoms with Crippen molar-refractivity contribution in [2.24, 2.45) is 0 Å². The predicted molar refractivity (Wildman–Crippen MR) is 98.4 cm³/mol. The number of amides is 1. The Morgan fingerprint density at radius 2 is 1.96 bits per heavy atom. The van der Waals surface area contributed by atoms with Crippen LogP contribution < -0.4 is 15.4 Å². The number of ether oxygens (including phenoxy) is 1. The molecule has 0 heterocycles. The van der Waals surface area contributed by atoms with Gasteiger partial charge < -0.3 is 15.4 Å². The molecule has 2 rings (SSSR count). The zero-order valence-electron chi connectivity index (χ0n) is 12.6. The lowest BCUT2D eigenvalue weighted by Gasteiger charge is -2.11. The molecule has 0 aliphatic heterocycles. The largest absolute Gasteiger partial charge is 0.483 e. The van der Waals surface area contributed by atoms with Gasteiger partial charge >= 0.3 is 0 Å². The second kappa shape index (κ2) is 8.64. The molecular weight excluding hydrogens is 376 g/mol. The second-order valence-electron chi connectivity index (χ2n) is 4.91. The maximum atomic E-state index is 11.8. The topological polar surface area (TPSA) is 50.4 Å². The molecule has 0 unspecified atom stereocenters. The molecule has 0 bridgehead atoms. The average molecular weight is 393 g/mol. The molecule has 2 N–H and O–H groups in total. The lowest BCUT2D eigenvalue weighted by Crippen LogP contribution is -2.41. The Labute approximate surface area is 149 Å². The van der Waals surface area contributed by atoms with Crippen LogP contribution in [0.2, 0.25) is 0 Å². The van der Waals surface area contributed by atoms with Crippen molar-refractivity contribution in [1.82, 2.24) is 10.6 Å². The van der Waals surface area contributed by atoms with Crippen molar-refractivity contribution >= 4 is 39.2 Å². The first-order chi connectivity index (χ1) is 11.0. The fourth-order valence-corrected chi connectivity index (χ4v) is 2.56. The molecule has 120 valence electrons. The highest BCUT2D eigenvalue weighted by Gasteiger charge is 2.07. The number of rotatable bonds is 5. The van der Waals surface area contributed by atoms with Crippen LogP contribution in [0.4, 0.5) is 0 Å². The molecule has 0 saturated heterocycles. The molecule has 1 amide bonds. The monoisotopic (exact) mass is 392 g/mol. The molecule has 0 fully saturated rings. The van der Waals surface area contributed by atoms with E-state index in [0.717, 1.165) is 15.6 Å². The number of carbonyl (C=O) groups is 1. The Hall–Kier alpha value is -1.92. The molecule has 2 aromatic rings. The van der Waals surface area contributed by atoms with Crippen molar-refractivity contribution in [2.45, 2.75) is 13.5 Å². The SMILES string of the molecule is Cc1cc(Br)ccc1OCC(=O)NC(=S)NCc1ccccc1. The minimum atomic E-state index is -0.294. The zero-order chi connectivity index (χ0) is 16.7. The van der Waals surface area contributed by atoms with Gasteiger partial charge in [-0.3, -0.25) is 4.79 Å². The van der Waals surface area contributed by atoms with Gasteiger partial charge in [-0.25, -0.2) is 0 Å². The molecule has 0 atom stereocenters. The van der Waals surface area contributed by atoms with Crippen LogP contribution in [0.1, 0.15) is 11.1 Å². The van der Waals surface area contributed by atoms with Crippen molar-refractivity contribution in [1.29, 1.82) is 0 Å². The van der Waals surface area contributed by atoms with E-state index in [1.165, 1.54) is 0 Å². The van der Waals surface area contributed by atoms with Gasteiger partial charge in [0.2, 0.25) is 0 Å². The molecule has 23 heavy (non-hydrogen) atoms. The average Bonchev–Trinajstić information content (AvgIpc) is 2.53. The van der Waals surface area contributed by atoms with Gasteiger partial charge in [-0.2, -0.15) is 0 Å². The van der Waals surface area contributed by atoms with Crippen LogP contribution >= 0.6 is 28.1 Å². The maximum Gasteiger partial charge on any atom is 0.264 e. The summed E-state index contributed by atoms with van der Waals surface area (Å²) in [4.78, 5) is 11.8. The Kier molecular flexibility index (Phi) is 6.55. The predicted octanol–water partition coefficient (Wildman–Crippen LogP) is 3.33. The van der Waals surface area contributed by atoms with E-state index in [0.29, 0.717) is 12.3 Å². The van der Waals surface area contributed by atoms with Gasteiger partial charge in [0.15, 0.2) is 11.7 Å². The van der Waals surface area contributed by atoms with Crippen molar-refractivity contribution in [3.63, 3.8) is 0 Å². The van der Waals surface area contributed by atoms with Gasteiger partial charge in [-0.15, -0.1) is 0 Å². The third kappa shape index (κ3) is 6.00. The second-order valence-corrected chi connectivity index (χ2v) is 6.24. The minimum Gasteiger partial charge on any atom is -0.483 e. The van der Waals surface area contributed by atoms with E-state index in [1.54, 1.807) is 0 Å². The van der Waals surface area contributed by atoms with Crippen LogP contribution in [0, 0.1) is 6.92 Å². The first-order valence-electron chi connectivity index (χ1n) is 7.05.